The molecule has 0 atom stereocenters. The lowest BCUT2D eigenvalue weighted by Crippen LogP contribution is -2.43. The number of hydrogen-bond donors (Lipinski definition) is 2. The smallest absolute Gasteiger partial charge is 0.414 e. The molecule has 1 fully saturated rings. The fourth-order valence-electron chi connectivity index (χ4n) is 1.96. The summed E-state index contributed by atoms with van der Waals surface area (Å²) in [5.41, 5.74) is 2.78. The van der Waals surface area contributed by atoms with Gasteiger partial charge in [-0.1, -0.05) is 29.8 Å². The van der Waals surface area contributed by atoms with Crippen molar-refractivity contribution in [3.8, 4) is 0 Å². The third-order valence-electron chi connectivity index (χ3n) is 3.31. The minimum Gasteiger partial charge on any atom is -0.473 e. The van der Waals surface area contributed by atoms with E-state index in [4.69, 9.17) is 19.8 Å². The summed E-state index contributed by atoms with van der Waals surface area (Å²) in [6.07, 6.45) is 0. The third kappa shape index (κ3) is 6.87. The predicted octanol–water partition coefficient (Wildman–Crippen LogP) is 0.898. The quantitative estimate of drug-likeness (QED) is 0.789. The van der Waals surface area contributed by atoms with Crippen LogP contribution < -0.4 is 0 Å². The van der Waals surface area contributed by atoms with E-state index in [1.165, 1.54) is 37.3 Å². The summed E-state index contributed by atoms with van der Waals surface area (Å²) in [6.45, 7) is 8.04. The maximum atomic E-state index is 9.10. The highest BCUT2D eigenvalue weighted by Crippen LogP contribution is 2.08. The normalized spacial score (nSPS) is 15.9. The summed E-state index contributed by atoms with van der Waals surface area (Å²) < 4.78 is 0. The Morgan fingerprint density at radius 1 is 1.00 bits per heavy atom. The van der Waals surface area contributed by atoms with Gasteiger partial charge in [-0.2, -0.15) is 0 Å². The van der Waals surface area contributed by atoms with Crippen LogP contribution in [0.2, 0.25) is 0 Å². The molecule has 6 nitrogen and oxygen atoms in total. The van der Waals surface area contributed by atoms with E-state index in [0.717, 1.165) is 6.54 Å². The van der Waals surface area contributed by atoms with Gasteiger partial charge in [0.05, 0.1) is 0 Å². The number of carboxylic acid groups (broad SMARTS) is 2. The summed E-state index contributed by atoms with van der Waals surface area (Å²) in [7, 11) is 2.20. The molecule has 0 saturated carbocycles. The molecule has 0 amide bonds. The second kappa shape index (κ2) is 8.39. The van der Waals surface area contributed by atoms with Crippen LogP contribution >= 0.6 is 0 Å². The molecule has 0 aliphatic carbocycles. The monoisotopic (exact) mass is 294 g/mol. The highest BCUT2D eigenvalue weighted by atomic mass is 16.4. The molecular formula is C15H22N2O4. The fraction of sp³-hybridized carbons (Fsp3) is 0.467. The van der Waals surface area contributed by atoms with Crippen LogP contribution in [0.5, 0.6) is 0 Å². The van der Waals surface area contributed by atoms with Crippen molar-refractivity contribution in [1.82, 2.24) is 9.80 Å². The molecule has 2 N–H and O–H groups in total. The maximum absolute atomic E-state index is 9.10. The van der Waals surface area contributed by atoms with Crippen LogP contribution in [0.3, 0.4) is 0 Å². The summed E-state index contributed by atoms with van der Waals surface area (Å²) in [6, 6.07) is 8.89. The van der Waals surface area contributed by atoms with E-state index >= 15 is 0 Å². The highest BCUT2D eigenvalue weighted by molar-refractivity contribution is 6.27. The summed E-state index contributed by atoms with van der Waals surface area (Å²) in [4.78, 5) is 23.1. The first-order chi connectivity index (χ1) is 9.88. The molecule has 2 rings (SSSR count). The topological polar surface area (TPSA) is 81.1 Å². The Hall–Kier alpha value is -1.92. The average molecular weight is 294 g/mol. The lowest BCUT2D eigenvalue weighted by atomic mass is 10.1. The van der Waals surface area contributed by atoms with Crippen molar-refractivity contribution in [2.75, 3.05) is 33.2 Å². The predicted molar refractivity (Wildman–Crippen MR) is 79.2 cm³/mol. The second-order valence-electron chi connectivity index (χ2n) is 5.18. The van der Waals surface area contributed by atoms with E-state index in [1.54, 1.807) is 0 Å². The number of piperazine rings is 1. The van der Waals surface area contributed by atoms with Crippen LogP contribution in [-0.4, -0.2) is 65.2 Å². The minimum absolute atomic E-state index is 1.11. The Labute approximate surface area is 124 Å². The van der Waals surface area contributed by atoms with E-state index in [0.29, 0.717) is 0 Å². The molecule has 0 radical (unpaired) electrons. The Bertz CT molecular complexity index is 453. The first-order valence-corrected chi connectivity index (χ1v) is 6.81. The van der Waals surface area contributed by atoms with Gasteiger partial charge in [-0.25, -0.2) is 9.59 Å². The second-order valence-corrected chi connectivity index (χ2v) is 5.18. The van der Waals surface area contributed by atoms with Gasteiger partial charge in [0.2, 0.25) is 0 Å². The lowest BCUT2D eigenvalue weighted by molar-refractivity contribution is -0.159. The molecule has 0 unspecified atom stereocenters. The summed E-state index contributed by atoms with van der Waals surface area (Å²) in [5, 5.41) is 14.8. The number of aliphatic carboxylic acids is 2. The van der Waals surface area contributed by atoms with E-state index in [9.17, 15) is 0 Å². The van der Waals surface area contributed by atoms with Gasteiger partial charge in [-0.15, -0.1) is 0 Å². The summed E-state index contributed by atoms with van der Waals surface area (Å²) in [5.74, 6) is -3.65. The lowest BCUT2D eigenvalue weighted by Gasteiger charge is -2.32. The molecule has 6 heteroatoms. The van der Waals surface area contributed by atoms with Gasteiger partial charge in [-0.05, 0) is 19.5 Å². The van der Waals surface area contributed by atoms with Crippen molar-refractivity contribution in [2.45, 2.75) is 13.5 Å². The zero-order valence-electron chi connectivity index (χ0n) is 12.5. The van der Waals surface area contributed by atoms with Crippen molar-refractivity contribution < 1.29 is 19.8 Å². The molecule has 116 valence electrons. The van der Waals surface area contributed by atoms with Crippen molar-refractivity contribution in [1.29, 1.82) is 0 Å². The largest absolute Gasteiger partial charge is 0.473 e. The van der Waals surface area contributed by atoms with Crippen LogP contribution in [0.1, 0.15) is 11.1 Å². The number of likely N-dealkylation sites (N-methyl/N-ethyl adjacent to an activating group) is 1. The molecule has 1 saturated heterocycles. The number of benzene rings is 1. The summed E-state index contributed by atoms with van der Waals surface area (Å²) >= 11 is 0. The third-order valence-corrected chi connectivity index (χ3v) is 3.31. The Morgan fingerprint density at radius 2 is 1.48 bits per heavy atom. The first kappa shape index (κ1) is 17.1. The number of nitrogens with zero attached hydrogens (tertiary/aromatic N) is 2. The molecule has 0 aromatic heterocycles. The zero-order chi connectivity index (χ0) is 15.8. The standard InChI is InChI=1S/C13H20N2.C2H2O4/c1-12-3-5-13(6-4-12)11-15-9-7-14(2)8-10-15;3-1(4)2(5)6/h3-6H,7-11H2,1-2H3;(H,3,4)(H,5,6). The van der Waals surface area contributed by atoms with Crippen molar-refractivity contribution in [3.63, 3.8) is 0 Å². The van der Waals surface area contributed by atoms with Gasteiger partial charge in [0, 0.05) is 32.7 Å². The van der Waals surface area contributed by atoms with Crippen LogP contribution in [0.25, 0.3) is 0 Å². The van der Waals surface area contributed by atoms with E-state index in [-0.39, 0.29) is 0 Å². The van der Waals surface area contributed by atoms with Gasteiger partial charge >= 0.3 is 11.9 Å². The van der Waals surface area contributed by atoms with Gasteiger partial charge in [0.1, 0.15) is 0 Å². The van der Waals surface area contributed by atoms with Crippen LogP contribution in [0.4, 0.5) is 0 Å². The van der Waals surface area contributed by atoms with Gasteiger partial charge in [0.15, 0.2) is 0 Å². The molecule has 1 aromatic carbocycles. The number of carboxylic acids is 2. The molecule has 21 heavy (non-hydrogen) atoms. The first-order valence-electron chi connectivity index (χ1n) is 6.81. The van der Waals surface area contributed by atoms with Crippen LogP contribution in [0.15, 0.2) is 24.3 Å². The van der Waals surface area contributed by atoms with Gasteiger partial charge < -0.3 is 15.1 Å². The van der Waals surface area contributed by atoms with E-state index in [1.807, 2.05) is 0 Å². The maximum Gasteiger partial charge on any atom is 0.414 e. The van der Waals surface area contributed by atoms with E-state index < -0.39 is 11.9 Å². The number of rotatable bonds is 2. The van der Waals surface area contributed by atoms with Crippen molar-refractivity contribution in [2.24, 2.45) is 0 Å². The zero-order valence-corrected chi connectivity index (χ0v) is 12.5. The molecule has 1 aliphatic rings. The molecule has 0 bridgehead atoms. The number of hydrogen-bond acceptors (Lipinski definition) is 4. The van der Waals surface area contributed by atoms with Gasteiger partial charge in [0.25, 0.3) is 0 Å². The number of aryl methyl sites for hydroxylation is 1. The molecule has 1 aliphatic heterocycles. The molecule has 1 aromatic rings. The van der Waals surface area contributed by atoms with Crippen LogP contribution in [0, 0.1) is 6.92 Å². The average Bonchev–Trinajstić information content (AvgIpc) is 2.44. The molecule has 1 heterocycles. The van der Waals surface area contributed by atoms with Crippen molar-refractivity contribution >= 4 is 11.9 Å². The molecular weight excluding hydrogens is 272 g/mol. The van der Waals surface area contributed by atoms with E-state index in [2.05, 4.69) is 48.0 Å². The molecule has 0 spiro atoms. The highest BCUT2D eigenvalue weighted by Gasteiger charge is 2.13. The Morgan fingerprint density at radius 3 is 1.90 bits per heavy atom. The number of carbonyl (C=O) groups is 2. The van der Waals surface area contributed by atoms with Crippen molar-refractivity contribution in [3.05, 3.63) is 35.4 Å². The minimum atomic E-state index is -1.82. The Kier molecular flexibility index (Phi) is 6.84. The SMILES string of the molecule is Cc1ccc(CN2CCN(C)CC2)cc1.O=C(O)C(=O)O. The van der Waals surface area contributed by atoms with Crippen LogP contribution in [-0.2, 0) is 16.1 Å². The fourth-order valence-corrected chi connectivity index (χ4v) is 1.96. The Balaban J connectivity index is 0.000000315. The van der Waals surface area contributed by atoms with Gasteiger partial charge in [-0.3, -0.25) is 4.90 Å².